The van der Waals surface area contributed by atoms with Crippen molar-refractivity contribution in [3.05, 3.63) is 42.1 Å². The van der Waals surface area contributed by atoms with E-state index in [9.17, 15) is 4.79 Å². The highest BCUT2D eigenvalue weighted by Gasteiger charge is 2.28. The Morgan fingerprint density at radius 1 is 1.44 bits per heavy atom. The molecule has 18 heavy (non-hydrogen) atoms. The second kappa shape index (κ2) is 4.06. The molecule has 0 bridgehead atoms. The summed E-state index contributed by atoms with van der Waals surface area (Å²) in [6.45, 7) is 0.483. The van der Waals surface area contributed by atoms with Crippen LogP contribution in [0.2, 0.25) is 0 Å². The van der Waals surface area contributed by atoms with Gasteiger partial charge in [-0.15, -0.1) is 0 Å². The zero-order chi connectivity index (χ0) is 12.5. The molecule has 0 spiro atoms. The minimum Gasteiger partial charge on any atom is -0.478 e. The third-order valence-corrected chi connectivity index (χ3v) is 2.76. The van der Waals surface area contributed by atoms with Crippen molar-refractivity contribution >= 4 is 11.7 Å². The fraction of sp³-hybridized carbons (Fsp3) is 0.167. The van der Waals surface area contributed by atoms with E-state index in [1.54, 1.807) is 12.4 Å². The number of pyridine rings is 1. The van der Waals surface area contributed by atoms with Crippen LogP contribution in [0.1, 0.15) is 22.2 Å². The van der Waals surface area contributed by atoms with Crippen molar-refractivity contribution in [3.63, 3.8) is 0 Å². The molecule has 3 rings (SSSR count). The van der Waals surface area contributed by atoms with Crippen LogP contribution in [0, 0.1) is 0 Å². The third kappa shape index (κ3) is 1.67. The average molecular weight is 246 g/mol. The van der Waals surface area contributed by atoms with Crippen molar-refractivity contribution in [2.45, 2.75) is 6.10 Å². The van der Waals surface area contributed by atoms with E-state index in [1.807, 2.05) is 12.1 Å². The molecule has 2 N–H and O–H groups in total. The normalized spacial score (nSPS) is 17.4. The molecule has 0 aromatic carbocycles. The van der Waals surface area contributed by atoms with E-state index in [4.69, 9.17) is 14.3 Å². The van der Waals surface area contributed by atoms with Crippen molar-refractivity contribution in [3.8, 4) is 5.75 Å². The Bertz CT molecular complexity index is 579. The van der Waals surface area contributed by atoms with Crippen LogP contribution >= 0.6 is 0 Å². The first-order valence-electron chi connectivity index (χ1n) is 5.41. The molecule has 0 radical (unpaired) electrons. The summed E-state index contributed by atoms with van der Waals surface area (Å²) in [5.74, 6) is -0.826. The molecule has 0 amide bonds. The Labute approximate surface area is 102 Å². The molecule has 1 aliphatic rings. The van der Waals surface area contributed by atoms with Crippen molar-refractivity contribution < 1.29 is 19.1 Å². The first kappa shape index (κ1) is 10.6. The average Bonchev–Trinajstić information content (AvgIpc) is 2.82. The van der Waals surface area contributed by atoms with E-state index in [2.05, 4.69) is 10.3 Å². The van der Waals surface area contributed by atoms with Crippen molar-refractivity contribution in [1.82, 2.24) is 4.98 Å². The molecule has 6 heteroatoms. The van der Waals surface area contributed by atoms with Gasteiger partial charge in [0.15, 0.2) is 5.75 Å². The standard InChI is InChI=1S/C12H10N2O4/c15-12(16)11-10-9(6-17-11)18-8(5-14-10)7-1-3-13-4-2-7/h1-4,6,8,14H,5H2,(H,15,16). The quantitative estimate of drug-likeness (QED) is 0.842. The highest BCUT2D eigenvalue weighted by atomic mass is 16.5. The fourth-order valence-electron chi connectivity index (χ4n) is 1.91. The van der Waals surface area contributed by atoms with Crippen molar-refractivity contribution in [1.29, 1.82) is 0 Å². The van der Waals surface area contributed by atoms with Gasteiger partial charge in [-0.25, -0.2) is 4.79 Å². The number of fused-ring (bicyclic) bond motifs is 1. The Balaban J connectivity index is 1.89. The molecule has 1 unspecified atom stereocenters. The van der Waals surface area contributed by atoms with E-state index < -0.39 is 5.97 Å². The van der Waals surface area contributed by atoms with Gasteiger partial charge in [0.2, 0.25) is 5.76 Å². The monoisotopic (exact) mass is 246 g/mol. The van der Waals surface area contributed by atoms with E-state index in [1.165, 1.54) is 6.26 Å². The number of anilines is 1. The summed E-state index contributed by atoms with van der Waals surface area (Å²) >= 11 is 0. The number of carbonyl (C=O) groups is 1. The van der Waals surface area contributed by atoms with Gasteiger partial charge < -0.3 is 19.6 Å². The highest BCUT2D eigenvalue weighted by Crippen LogP contribution is 2.38. The first-order chi connectivity index (χ1) is 8.75. The van der Waals surface area contributed by atoms with Crippen LogP contribution in [0.3, 0.4) is 0 Å². The van der Waals surface area contributed by atoms with Crippen LogP contribution in [0.4, 0.5) is 5.69 Å². The van der Waals surface area contributed by atoms with E-state index in [0.29, 0.717) is 18.0 Å². The van der Waals surface area contributed by atoms with Crippen LogP contribution in [-0.2, 0) is 0 Å². The van der Waals surface area contributed by atoms with Crippen LogP contribution < -0.4 is 10.1 Å². The number of hydrogen-bond acceptors (Lipinski definition) is 5. The second-order valence-electron chi connectivity index (χ2n) is 3.88. The topological polar surface area (TPSA) is 84.6 Å². The first-order valence-corrected chi connectivity index (χ1v) is 5.41. The molecule has 1 aliphatic heterocycles. The summed E-state index contributed by atoms with van der Waals surface area (Å²) in [6.07, 6.45) is 4.50. The number of rotatable bonds is 2. The van der Waals surface area contributed by atoms with Gasteiger partial charge in [-0.1, -0.05) is 0 Å². The molecule has 2 aromatic heterocycles. The summed E-state index contributed by atoms with van der Waals surface area (Å²) in [5, 5.41) is 11.9. The zero-order valence-electron chi connectivity index (χ0n) is 9.29. The minimum absolute atomic E-state index is 0.127. The van der Waals surface area contributed by atoms with Crippen LogP contribution in [-0.4, -0.2) is 22.6 Å². The zero-order valence-corrected chi connectivity index (χ0v) is 9.29. The number of carboxylic acid groups (broad SMARTS) is 1. The molecular weight excluding hydrogens is 236 g/mol. The van der Waals surface area contributed by atoms with Crippen LogP contribution in [0.25, 0.3) is 0 Å². The molecule has 0 saturated heterocycles. The molecule has 2 aromatic rings. The second-order valence-corrected chi connectivity index (χ2v) is 3.88. The minimum atomic E-state index is -1.12. The van der Waals surface area contributed by atoms with E-state index in [0.717, 1.165) is 5.56 Å². The fourth-order valence-corrected chi connectivity index (χ4v) is 1.91. The molecule has 0 aliphatic carbocycles. The van der Waals surface area contributed by atoms with Gasteiger partial charge in [-0.2, -0.15) is 0 Å². The maximum Gasteiger partial charge on any atom is 0.374 e. The number of carboxylic acids is 1. The molecule has 92 valence electrons. The number of aromatic nitrogens is 1. The Hall–Kier alpha value is -2.50. The Morgan fingerprint density at radius 2 is 2.22 bits per heavy atom. The van der Waals surface area contributed by atoms with Gasteiger partial charge in [0.1, 0.15) is 18.1 Å². The highest BCUT2D eigenvalue weighted by molar-refractivity contribution is 5.93. The summed E-state index contributed by atoms with van der Waals surface area (Å²) in [4.78, 5) is 14.8. The molecule has 1 atom stereocenters. The molecule has 0 fully saturated rings. The smallest absolute Gasteiger partial charge is 0.374 e. The van der Waals surface area contributed by atoms with E-state index >= 15 is 0 Å². The number of nitrogens with one attached hydrogen (secondary N) is 1. The maximum atomic E-state index is 10.9. The largest absolute Gasteiger partial charge is 0.478 e. The predicted octanol–water partition coefficient (Wildman–Crippen LogP) is 1.92. The van der Waals surface area contributed by atoms with Crippen LogP contribution in [0.15, 0.2) is 35.2 Å². The number of furan rings is 1. The van der Waals surface area contributed by atoms with Gasteiger partial charge in [0.25, 0.3) is 0 Å². The summed E-state index contributed by atoms with van der Waals surface area (Å²) in [6, 6.07) is 3.71. The van der Waals surface area contributed by atoms with Gasteiger partial charge >= 0.3 is 5.97 Å². The summed E-state index contributed by atoms with van der Waals surface area (Å²) in [5.41, 5.74) is 1.37. The van der Waals surface area contributed by atoms with Crippen LogP contribution in [0.5, 0.6) is 5.75 Å². The lowest BCUT2D eigenvalue weighted by atomic mass is 10.1. The maximum absolute atomic E-state index is 10.9. The Kier molecular flexibility index (Phi) is 2.40. The van der Waals surface area contributed by atoms with Gasteiger partial charge in [-0.05, 0) is 17.7 Å². The SMILES string of the molecule is O=C(O)c1occ2c1NCC(c1ccncc1)O2. The molecule has 6 nitrogen and oxygen atoms in total. The summed E-state index contributed by atoms with van der Waals surface area (Å²) < 4.78 is 10.7. The van der Waals surface area contributed by atoms with E-state index in [-0.39, 0.29) is 11.9 Å². The number of aromatic carboxylic acids is 1. The molecule has 3 heterocycles. The van der Waals surface area contributed by atoms with Crippen molar-refractivity contribution in [2.75, 3.05) is 11.9 Å². The third-order valence-electron chi connectivity index (χ3n) is 2.76. The Morgan fingerprint density at radius 3 is 2.94 bits per heavy atom. The van der Waals surface area contributed by atoms with Gasteiger partial charge in [0, 0.05) is 12.4 Å². The number of hydrogen-bond donors (Lipinski definition) is 2. The predicted molar refractivity (Wildman–Crippen MR) is 61.8 cm³/mol. The number of ether oxygens (including phenoxy) is 1. The van der Waals surface area contributed by atoms with Crippen molar-refractivity contribution in [2.24, 2.45) is 0 Å². The molecular formula is C12H10N2O4. The van der Waals surface area contributed by atoms with Gasteiger partial charge in [-0.3, -0.25) is 4.98 Å². The van der Waals surface area contributed by atoms with Gasteiger partial charge in [0.05, 0.1) is 6.54 Å². The lowest BCUT2D eigenvalue weighted by Crippen LogP contribution is -2.23. The number of nitrogens with zero attached hydrogens (tertiary/aromatic N) is 1. The summed E-state index contributed by atoms with van der Waals surface area (Å²) in [7, 11) is 0. The lowest BCUT2D eigenvalue weighted by Gasteiger charge is -2.24. The molecule has 0 saturated carbocycles. The lowest BCUT2D eigenvalue weighted by molar-refractivity contribution is 0.0663.